The Balaban J connectivity index is 2.20. The maximum Gasteiger partial charge on any atom is 0.270 e. The highest BCUT2D eigenvalue weighted by Crippen LogP contribution is 2.39. The lowest BCUT2D eigenvalue weighted by molar-refractivity contribution is -0.182. The molecule has 0 saturated heterocycles. The molecule has 3 nitrogen and oxygen atoms in total. The Bertz CT molecular complexity index is 262. The number of hydrogen-bond acceptors (Lipinski definition) is 2. The van der Waals surface area contributed by atoms with Gasteiger partial charge in [0.05, 0.1) is 5.54 Å². The summed E-state index contributed by atoms with van der Waals surface area (Å²) in [7, 11) is 0. The molecule has 1 saturated carbocycles. The van der Waals surface area contributed by atoms with Crippen molar-refractivity contribution in [2.45, 2.75) is 38.1 Å². The molecule has 1 fully saturated rings. The molecule has 1 amide bonds. The first kappa shape index (κ1) is 8.75. The first-order chi connectivity index (χ1) is 6.14. The first-order valence-electron chi connectivity index (χ1n) is 4.86. The van der Waals surface area contributed by atoms with Crippen molar-refractivity contribution in [2.75, 3.05) is 0 Å². The third-order valence-electron chi connectivity index (χ3n) is 3.18. The largest absolute Gasteiger partial charge is 0.285 e. The second-order valence-electron chi connectivity index (χ2n) is 4.29. The summed E-state index contributed by atoms with van der Waals surface area (Å²) in [6.07, 6.45) is 7.44. The lowest BCUT2D eigenvalue weighted by Gasteiger charge is -2.39. The average molecular weight is 181 g/mol. The van der Waals surface area contributed by atoms with E-state index in [4.69, 9.17) is 0 Å². The molecule has 0 aromatic carbocycles. The van der Waals surface area contributed by atoms with Gasteiger partial charge in [0.1, 0.15) is 0 Å². The zero-order valence-corrected chi connectivity index (χ0v) is 7.86. The minimum Gasteiger partial charge on any atom is -0.285 e. The van der Waals surface area contributed by atoms with Crippen molar-refractivity contribution in [3.05, 3.63) is 12.2 Å². The van der Waals surface area contributed by atoms with E-state index in [1.54, 1.807) is 0 Å². The van der Waals surface area contributed by atoms with Crippen LogP contribution in [0, 0.1) is 5.92 Å². The summed E-state index contributed by atoms with van der Waals surface area (Å²) in [4.78, 5) is 11.1. The van der Waals surface area contributed by atoms with Gasteiger partial charge < -0.3 is 0 Å². The zero-order chi connectivity index (χ0) is 9.47. The topological polar surface area (TPSA) is 40.5 Å². The molecule has 1 spiro atoms. The number of hydroxylamine groups is 2. The molecule has 1 aliphatic heterocycles. The lowest BCUT2D eigenvalue weighted by Crippen LogP contribution is -2.47. The van der Waals surface area contributed by atoms with E-state index in [-0.39, 0.29) is 11.4 Å². The highest BCUT2D eigenvalue weighted by Gasteiger charge is 2.43. The van der Waals surface area contributed by atoms with E-state index in [9.17, 15) is 10.0 Å². The van der Waals surface area contributed by atoms with E-state index in [0.717, 1.165) is 24.3 Å². The minimum atomic E-state index is -0.366. The van der Waals surface area contributed by atoms with Crippen molar-refractivity contribution in [1.29, 1.82) is 0 Å². The Kier molecular flexibility index (Phi) is 1.91. The second-order valence-corrected chi connectivity index (χ2v) is 4.29. The third-order valence-corrected chi connectivity index (χ3v) is 3.18. The van der Waals surface area contributed by atoms with Crippen LogP contribution in [0.1, 0.15) is 32.6 Å². The Morgan fingerprint density at radius 3 is 3.00 bits per heavy atom. The van der Waals surface area contributed by atoms with E-state index in [1.807, 2.05) is 6.08 Å². The summed E-state index contributed by atoms with van der Waals surface area (Å²) in [6, 6.07) is 0. The van der Waals surface area contributed by atoms with Gasteiger partial charge in [-0.05, 0) is 18.8 Å². The Labute approximate surface area is 78.0 Å². The fourth-order valence-corrected chi connectivity index (χ4v) is 2.49. The molecule has 0 bridgehead atoms. The number of carbonyl (C=O) groups excluding carboxylic acids is 1. The van der Waals surface area contributed by atoms with Crippen LogP contribution in [0.5, 0.6) is 0 Å². The van der Waals surface area contributed by atoms with E-state index >= 15 is 0 Å². The summed E-state index contributed by atoms with van der Waals surface area (Å²) in [6.45, 7) is 2.17. The fourth-order valence-electron chi connectivity index (χ4n) is 2.49. The summed E-state index contributed by atoms with van der Waals surface area (Å²) >= 11 is 0. The molecule has 0 aromatic rings. The first-order valence-corrected chi connectivity index (χ1v) is 4.86. The van der Waals surface area contributed by atoms with Crippen LogP contribution in [0.2, 0.25) is 0 Å². The molecule has 0 aromatic heterocycles. The van der Waals surface area contributed by atoms with E-state index in [0.29, 0.717) is 5.92 Å². The molecule has 2 atom stereocenters. The van der Waals surface area contributed by atoms with Crippen LogP contribution in [0.25, 0.3) is 0 Å². The van der Waals surface area contributed by atoms with Gasteiger partial charge in [0.2, 0.25) is 0 Å². The molecule has 1 N–H and O–H groups in total. The van der Waals surface area contributed by atoms with Crippen molar-refractivity contribution >= 4 is 5.91 Å². The Hall–Kier alpha value is -0.830. The normalized spacial score (nSPS) is 39.1. The van der Waals surface area contributed by atoms with E-state index in [1.165, 1.54) is 12.5 Å². The minimum absolute atomic E-state index is 0.269. The highest BCUT2D eigenvalue weighted by molar-refractivity contribution is 5.90. The zero-order valence-electron chi connectivity index (χ0n) is 7.86. The number of nitrogens with zero attached hydrogens (tertiary/aromatic N) is 1. The van der Waals surface area contributed by atoms with Gasteiger partial charge in [-0.25, -0.2) is 5.06 Å². The Morgan fingerprint density at radius 2 is 2.46 bits per heavy atom. The molecule has 3 heteroatoms. The second kappa shape index (κ2) is 2.84. The monoisotopic (exact) mass is 181 g/mol. The van der Waals surface area contributed by atoms with Crippen LogP contribution in [-0.2, 0) is 4.79 Å². The highest BCUT2D eigenvalue weighted by atomic mass is 16.5. The standard InChI is InChI=1S/C10H15NO2/c1-8-3-2-5-10(7-8)6-4-9(12)11(10)13/h4,6,8,13H,2-3,5,7H2,1H3. The molecule has 0 radical (unpaired) electrons. The SMILES string of the molecule is CC1CCCC2(C=CC(=O)N2O)C1. The molecule has 1 heterocycles. The summed E-state index contributed by atoms with van der Waals surface area (Å²) in [5.41, 5.74) is -0.366. The average Bonchev–Trinajstić information content (AvgIpc) is 2.35. The van der Waals surface area contributed by atoms with Gasteiger partial charge >= 0.3 is 0 Å². The van der Waals surface area contributed by atoms with Crippen molar-refractivity contribution in [2.24, 2.45) is 5.92 Å². The predicted molar refractivity (Wildman–Crippen MR) is 48.1 cm³/mol. The third kappa shape index (κ3) is 1.27. The summed E-state index contributed by atoms with van der Waals surface area (Å²) in [5.74, 6) is 0.327. The molecular weight excluding hydrogens is 166 g/mol. The van der Waals surface area contributed by atoms with Gasteiger partial charge in [0.15, 0.2) is 0 Å². The van der Waals surface area contributed by atoms with Gasteiger partial charge in [-0.15, -0.1) is 0 Å². The quantitative estimate of drug-likeness (QED) is 0.578. The van der Waals surface area contributed by atoms with Gasteiger partial charge in [0, 0.05) is 6.08 Å². The number of hydrogen-bond donors (Lipinski definition) is 1. The molecule has 2 unspecified atom stereocenters. The smallest absolute Gasteiger partial charge is 0.270 e. The molecule has 2 rings (SSSR count). The van der Waals surface area contributed by atoms with Crippen molar-refractivity contribution in [3.63, 3.8) is 0 Å². The molecular formula is C10H15NO2. The number of amides is 1. The fraction of sp³-hybridized carbons (Fsp3) is 0.700. The van der Waals surface area contributed by atoms with Crippen molar-refractivity contribution in [3.8, 4) is 0 Å². The van der Waals surface area contributed by atoms with Gasteiger partial charge in [-0.1, -0.05) is 25.8 Å². The molecule has 72 valence electrons. The van der Waals surface area contributed by atoms with Gasteiger partial charge in [-0.2, -0.15) is 0 Å². The van der Waals surface area contributed by atoms with Crippen molar-refractivity contribution in [1.82, 2.24) is 5.06 Å². The number of rotatable bonds is 0. The van der Waals surface area contributed by atoms with Crippen LogP contribution in [0.4, 0.5) is 0 Å². The lowest BCUT2D eigenvalue weighted by atomic mass is 9.77. The van der Waals surface area contributed by atoms with Crippen LogP contribution >= 0.6 is 0 Å². The van der Waals surface area contributed by atoms with Gasteiger partial charge in [-0.3, -0.25) is 10.0 Å². The van der Waals surface area contributed by atoms with Crippen molar-refractivity contribution < 1.29 is 10.0 Å². The maximum atomic E-state index is 11.1. The molecule has 1 aliphatic carbocycles. The molecule has 2 aliphatic rings. The maximum absolute atomic E-state index is 11.1. The summed E-state index contributed by atoms with van der Waals surface area (Å²) in [5, 5.41) is 10.5. The Morgan fingerprint density at radius 1 is 1.69 bits per heavy atom. The molecule has 13 heavy (non-hydrogen) atoms. The van der Waals surface area contributed by atoms with Crippen LogP contribution in [0.3, 0.4) is 0 Å². The van der Waals surface area contributed by atoms with Crippen LogP contribution < -0.4 is 0 Å². The predicted octanol–water partition coefficient (Wildman–Crippen LogP) is 1.72. The van der Waals surface area contributed by atoms with Crippen LogP contribution in [0.15, 0.2) is 12.2 Å². The van der Waals surface area contributed by atoms with E-state index in [2.05, 4.69) is 6.92 Å². The van der Waals surface area contributed by atoms with E-state index < -0.39 is 0 Å². The summed E-state index contributed by atoms with van der Waals surface area (Å²) < 4.78 is 0. The number of carbonyl (C=O) groups is 1. The van der Waals surface area contributed by atoms with Crippen LogP contribution in [-0.4, -0.2) is 21.7 Å². The van der Waals surface area contributed by atoms with Gasteiger partial charge in [0.25, 0.3) is 5.91 Å².